The number of carbonyl (C=O) groups is 3. The topological polar surface area (TPSA) is 107 Å². The van der Waals surface area contributed by atoms with Crippen molar-refractivity contribution in [2.24, 2.45) is 78.3 Å². The summed E-state index contributed by atoms with van der Waals surface area (Å²) in [5.74, 6) is 0.108. The van der Waals surface area contributed by atoms with E-state index in [4.69, 9.17) is 4.74 Å². The lowest BCUT2D eigenvalue weighted by Crippen LogP contribution is -2.73. The minimum Gasteiger partial charge on any atom is -0.481 e. The Morgan fingerprint density at radius 3 is 1.87 bits per heavy atom. The van der Waals surface area contributed by atoms with Crippen LogP contribution in [0.5, 0.6) is 0 Å². The average molecular weight is 847 g/mol. The predicted octanol–water partition coefficient (Wildman–Crippen LogP) is 10.5. The molecule has 7 aliphatic carbocycles. The van der Waals surface area contributed by atoms with Crippen molar-refractivity contribution >= 4 is 17.8 Å². The molecule has 8 heteroatoms. The minimum absolute atomic E-state index is 0.0546. The van der Waals surface area contributed by atoms with Crippen molar-refractivity contribution in [1.29, 1.82) is 0 Å². The maximum Gasteiger partial charge on any atom is 0.309 e. The Balaban J connectivity index is 1.00. The van der Waals surface area contributed by atoms with Gasteiger partial charge in [-0.3, -0.25) is 19.3 Å². The highest BCUT2D eigenvalue weighted by molar-refractivity contribution is 5.85. The molecule has 2 aliphatic heterocycles. The van der Waals surface area contributed by atoms with Crippen LogP contribution in [-0.2, 0) is 19.1 Å². The summed E-state index contributed by atoms with van der Waals surface area (Å²) in [6.07, 6.45) is 18.1. The molecule has 7 saturated carbocycles. The van der Waals surface area contributed by atoms with Crippen LogP contribution in [-0.4, -0.2) is 81.3 Å². The first-order valence-electron chi connectivity index (χ1n) is 25.4. The van der Waals surface area contributed by atoms with E-state index in [0.29, 0.717) is 35.5 Å². The molecule has 8 nitrogen and oxygen atoms in total. The van der Waals surface area contributed by atoms with Crippen LogP contribution in [0.2, 0.25) is 0 Å². The van der Waals surface area contributed by atoms with E-state index in [-0.39, 0.29) is 68.0 Å². The highest BCUT2D eigenvalue weighted by Gasteiger charge is 2.80. The Labute approximate surface area is 369 Å². The Hall–Kier alpha value is -1.67. The smallest absolute Gasteiger partial charge is 0.309 e. The highest BCUT2D eigenvalue weighted by atomic mass is 16.5. The van der Waals surface area contributed by atoms with E-state index in [1.165, 1.54) is 38.5 Å². The van der Waals surface area contributed by atoms with Crippen molar-refractivity contribution in [3.05, 3.63) is 0 Å². The molecule has 2 heterocycles. The summed E-state index contributed by atoms with van der Waals surface area (Å²) < 4.78 is 6.54. The Morgan fingerprint density at radius 2 is 1.26 bits per heavy atom. The molecule has 0 spiro atoms. The van der Waals surface area contributed by atoms with E-state index in [1.807, 2.05) is 27.7 Å². The summed E-state index contributed by atoms with van der Waals surface area (Å²) in [4.78, 5) is 46.6. The monoisotopic (exact) mass is 847 g/mol. The van der Waals surface area contributed by atoms with E-state index in [9.17, 15) is 19.8 Å². The number of esters is 1. The van der Waals surface area contributed by atoms with Crippen LogP contribution in [0.3, 0.4) is 0 Å². The molecule has 0 aromatic rings. The third kappa shape index (κ3) is 5.69. The molecule has 9 fully saturated rings. The van der Waals surface area contributed by atoms with E-state index in [2.05, 4.69) is 65.2 Å². The molecule has 344 valence electrons. The van der Waals surface area contributed by atoms with Gasteiger partial charge in [0.15, 0.2) is 0 Å². The second-order valence-electron chi connectivity index (χ2n) is 26.7. The summed E-state index contributed by atoms with van der Waals surface area (Å²) in [5.41, 5.74) is -1.19. The zero-order chi connectivity index (χ0) is 44.4. The van der Waals surface area contributed by atoms with Crippen LogP contribution >= 0.6 is 0 Å². The predicted molar refractivity (Wildman–Crippen MR) is 239 cm³/mol. The van der Waals surface area contributed by atoms with Crippen LogP contribution < -0.4 is 0 Å². The fourth-order valence-electron chi connectivity index (χ4n) is 19.4. The van der Waals surface area contributed by atoms with Gasteiger partial charge in [0.05, 0.1) is 22.9 Å². The van der Waals surface area contributed by atoms with Crippen LogP contribution in [0, 0.1) is 78.3 Å². The molecular formula is C53H86N2O6. The van der Waals surface area contributed by atoms with Gasteiger partial charge in [0.25, 0.3) is 0 Å². The van der Waals surface area contributed by atoms with E-state index in [1.54, 1.807) is 0 Å². The minimum atomic E-state index is -0.811. The first-order valence-corrected chi connectivity index (χ1v) is 25.4. The first-order chi connectivity index (χ1) is 28.2. The summed E-state index contributed by atoms with van der Waals surface area (Å²) in [6, 6.07) is 0.396. The fraction of sp³-hybridized carbons (Fsp3) is 0.943. The third-order valence-corrected chi connectivity index (χ3v) is 23.9. The number of ether oxygens (including phenoxy) is 1. The molecule has 0 radical (unpaired) electrons. The van der Waals surface area contributed by atoms with Crippen LogP contribution in [0.25, 0.3) is 0 Å². The van der Waals surface area contributed by atoms with Gasteiger partial charge in [-0.1, -0.05) is 69.2 Å². The lowest BCUT2D eigenvalue weighted by Gasteiger charge is -2.78. The average Bonchev–Trinajstić information content (AvgIpc) is 3.48. The molecule has 2 saturated heterocycles. The molecule has 61 heavy (non-hydrogen) atoms. The molecule has 9 aliphatic rings. The second-order valence-corrected chi connectivity index (χ2v) is 26.7. The van der Waals surface area contributed by atoms with Gasteiger partial charge in [-0.05, 0) is 185 Å². The molecule has 2 N–H and O–H groups in total. The lowest BCUT2D eigenvalue weighted by molar-refractivity contribution is -0.305. The van der Waals surface area contributed by atoms with Gasteiger partial charge in [0.1, 0.15) is 6.10 Å². The van der Waals surface area contributed by atoms with Crippen LogP contribution in [0.4, 0.5) is 0 Å². The number of rotatable bonds is 8. The number of aliphatic hydroxyl groups is 1. The van der Waals surface area contributed by atoms with Crippen molar-refractivity contribution in [1.82, 2.24) is 9.80 Å². The molecule has 0 aromatic carbocycles. The lowest BCUT2D eigenvalue weighted by atomic mass is 9.26. The molecule has 0 aromatic heterocycles. The number of aliphatic carboxylic acids is 1. The third-order valence-electron chi connectivity index (χ3n) is 23.9. The molecule has 9 rings (SSSR count). The van der Waals surface area contributed by atoms with Gasteiger partial charge >= 0.3 is 11.9 Å². The molecule has 1 amide bonds. The Morgan fingerprint density at radius 1 is 0.656 bits per heavy atom. The summed E-state index contributed by atoms with van der Waals surface area (Å²) in [5, 5.41) is 20.9. The van der Waals surface area contributed by atoms with E-state index < -0.39 is 22.9 Å². The van der Waals surface area contributed by atoms with Gasteiger partial charge < -0.3 is 19.8 Å². The molecule has 0 unspecified atom stereocenters. The second kappa shape index (κ2) is 13.7. The molecule has 14 atom stereocenters. The Kier molecular flexibility index (Phi) is 9.99. The standard InChI is InChI=1S/C53H86N2O6/c1-44(2)34(41(56)57)31-35(44)42(58)61-40-20-21-48(8)36(45(40,3)4)17-22-51(11)49(9)27-28-53(24-19-37(47(7)25-26-47)52(53,12)38(49)18-23-50(48,51)10)43(59)55-30-13-15-33(55)32-54-29-14-16-39(54)46(5,6)60/h33-40,60H,13-32H2,1-12H3,(H,56,57)/t33-,34-,35+,36-,37-,38-,39-,40-,48-,49+,50+,51-,52+,53+/m0/s1. The number of fused-ring (bicyclic) bond motifs is 7. The zero-order valence-electron chi connectivity index (χ0n) is 40.7. The number of hydrogen-bond acceptors (Lipinski definition) is 6. The normalized spacial score (nSPS) is 49.5. The van der Waals surface area contributed by atoms with E-state index in [0.717, 1.165) is 83.8 Å². The maximum atomic E-state index is 15.9. The molecule has 0 bridgehead atoms. The van der Waals surface area contributed by atoms with Gasteiger partial charge in [-0.15, -0.1) is 0 Å². The SMILES string of the molecule is CC(C)(O)[C@@H]1CCCN1C[C@@H]1CCCN1C(=O)[C@]12CC[C@@H](C3(C)CC3)[C@]1(C)[C@H]1CC[C@@]3(C)[C@@](C)(CC[C@H]4C(C)(C)[C@@H](OC(=O)[C@H]5C[C@@H](C(=O)O)C5(C)C)CC[C@@]43C)[C@]1(C)CC2. The Bertz CT molecular complexity index is 1810. The number of nitrogens with zero attached hydrogens (tertiary/aromatic N) is 2. The fourth-order valence-corrected chi connectivity index (χ4v) is 19.4. The van der Waals surface area contributed by atoms with Gasteiger partial charge in [0.2, 0.25) is 5.91 Å². The van der Waals surface area contributed by atoms with E-state index >= 15 is 4.79 Å². The van der Waals surface area contributed by atoms with Crippen LogP contribution in [0.1, 0.15) is 192 Å². The summed E-state index contributed by atoms with van der Waals surface area (Å²) >= 11 is 0. The number of hydrogen-bond donors (Lipinski definition) is 2. The van der Waals surface area contributed by atoms with Crippen LogP contribution in [0.15, 0.2) is 0 Å². The van der Waals surface area contributed by atoms with Gasteiger partial charge in [-0.25, -0.2) is 0 Å². The number of carbonyl (C=O) groups excluding carboxylic acids is 2. The number of amides is 1. The maximum absolute atomic E-state index is 15.9. The van der Waals surface area contributed by atoms with Crippen molar-refractivity contribution in [3.8, 4) is 0 Å². The number of carboxylic acid groups (broad SMARTS) is 1. The summed E-state index contributed by atoms with van der Waals surface area (Å²) in [7, 11) is 0. The van der Waals surface area contributed by atoms with Crippen molar-refractivity contribution < 1.29 is 29.3 Å². The van der Waals surface area contributed by atoms with Crippen molar-refractivity contribution in [2.45, 2.75) is 216 Å². The van der Waals surface area contributed by atoms with Gasteiger partial charge in [-0.2, -0.15) is 0 Å². The van der Waals surface area contributed by atoms with Crippen molar-refractivity contribution in [3.63, 3.8) is 0 Å². The number of carboxylic acids is 1. The quantitative estimate of drug-likeness (QED) is 0.234. The van der Waals surface area contributed by atoms with Crippen molar-refractivity contribution in [2.75, 3.05) is 19.6 Å². The highest BCUT2D eigenvalue weighted by Crippen LogP contribution is 2.85. The first kappa shape index (κ1) is 44.5. The zero-order valence-corrected chi connectivity index (χ0v) is 40.7. The largest absolute Gasteiger partial charge is 0.481 e. The number of likely N-dealkylation sites (tertiary alicyclic amines) is 2. The summed E-state index contributed by atoms with van der Waals surface area (Å²) in [6.45, 7) is 31.3. The molecular weight excluding hydrogens is 761 g/mol. The van der Waals surface area contributed by atoms with Gasteiger partial charge in [0, 0.05) is 30.6 Å².